The Morgan fingerprint density at radius 1 is 1.03 bits per heavy atom. The highest BCUT2D eigenvalue weighted by atomic mass is 32.2. The zero-order valence-electron chi connectivity index (χ0n) is 20.3. The molecule has 2 aromatic heterocycles. The molecule has 0 fully saturated rings. The summed E-state index contributed by atoms with van der Waals surface area (Å²) in [5.74, 6) is -3.12. The molecule has 0 radical (unpaired) electrons. The van der Waals surface area contributed by atoms with E-state index in [1.165, 1.54) is 19.1 Å². The van der Waals surface area contributed by atoms with Gasteiger partial charge in [0.1, 0.15) is 21.4 Å². The van der Waals surface area contributed by atoms with E-state index in [0.717, 1.165) is 29.5 Å². The van der Waals surface area contributed by atoms with Gasteiger partial charge in [0, 0.05) is 5.56 Å². The molecule has 1 amide bonds. The first-order valence-electron chi connectivity index (χ1n) is 11.1. The van der Waals surface area contributed by atoms with E-state index >= 15 is 0 Å². The molecule has 0 spiro atoms. The minimum absolute atomic E-state index is 0.0211. The average Bonchev–Trinajstić information content (AvgIpc) is 3.18. The van der Waals surface area contributed by atoms with Crippen LogP contribution in [0.25, 0.3) is 11.3 Å². The number of benzene rings is 1. The van der Waals surface area contributed by atoms with E-state index in [2.05, 4.69) is 15.3 Å². The predicted octanol–water partition coefficient (Wildman–Crippen LogP) is 5.76. The fourth-order valence-electron chi connectivity index (χ4n) is 3.14. The Labute approximate surface area is 222 Å². The molecule has 0 saturated carbocycles. The molecular weight excluding hydrogens is 550 g/mol. The van der Waals surface area contributed by atoms with Gasteiger partial charge in [0.25, 0.3) is 0 Å². The Morgan fingerprint density at radius 3 is 2.26 bits per heavy atom. The summed E-state index contributed by atoms with van der Waals surface area (Å²) in [6, 6.07) is 5.44. The molecule has 2 heterocycles. The van der Waals surface area contributed by atoms with Crippen LogP contribution in [0.1, 0.15) is 45.1 Å². The van der Waals surface area contributed by atoms with E-state index in [-0.39, 0.29) is 50.6 Å². The lowest BCUT2D eigenvalue weighted by molar-refractivity contribution is -0.141. The SMILES string of the molecule is CCOC(=O)c1sc(NC(=O)CSc2nc(-c3ccc(F)cc3)cc(C(F)(F)F)n2)c(C(=O)OCC)c1C. The summed E-state index contributed by atoms with van der Waals surface area (Å²) in [7, 11) is 0. The third-order valence-electron chi connectivity index (χ3n) is 4.81. The molecule has 3 aromatic rings. The summed E-state index contributed by atoms with van der Waals surface area (Å²) in [4.78, 5) is 45.1. The number of hydrogen-bond donors (Lipinski definition) is 1. The van der Waals surface area contributed by atoms with Gasteiger partial charge in [-0.15, -0.1) is 11.3 Å². The molecule has 0 bridgehead atoms. The molecule has 0 aliphatic heterocycles. The normalized spacial score (nSPS) is 11.2. The maximum Gasteiger partial charge on any atom is 0.433 e. The number of carbonyl (C=O) groups excluding carboxylic acids is 3. The van der Waals surface area contributed by atoms with Crippen molar-refractivity contribution in [3.05, 3.63) is 57.8 Å². The molecule has 0 aliphatic carbocycles. The molecule has 202 valence electrons. The third-order valence-corrected chi connectivity index (χ3v) is 6.84. The van der Waals surface area contributed by atoms with Crippen molar-refractivity contribution in [1.29, 1.82) is 0 Å². The summed E-state index contributed by atoms with van der Waals surface area (Å²) in [6.07, 6.45) is -4.79. The highest BCUT2D eigenvalue weighted by Crippen LogP contribution is 2.35. The van der Waals surface area contributed by atoms with Crippen LogP contribution in [0, 0.1) is 12.7 Å². The van der Waals surface area contributed by atoms with Crippen molar-refractivity contribution in [3.63, 3.8) is 0 Å². The van der Waals surface area contributed by atoms with Crippen molar-refractivity contribution in [1.82, 2.24) is 9.97 Å². The van der Waals surface area contributed by atoms with Crippen molar-refractivity contribution in [2.24, 2.45) is 0 Å². The summed E-state index contributed by atoms with van der Waals surface area (Å²) < 4.78 is 63.6. The smallest absolute Gasteiger partial charge is 0.433 e. The highest BCUT2D eigenvalue weighted by Gasteiger charge is 2.34. The number of thiophene rings is 1. The number of nitrogens with one attached hydrogen (secondary N) is 1. The van der Waals surface area contributed by atoms with Crippen LogP contribution in [0.4, 0.5) is 22.6 Å². The number of carbonyl (C=O) groups is 3. The lowest BCUT2D eigenvalue weighted by Crippen LogP contribution is -2.17. The van der Waals surface area contributed by atoms with Crippen molar-refractivity contribution in [3.8, 4) is 11.3 Å². The summed E-state index contributed by atoms with van der Waals surface area (Å²) in [5.41, 5.74) is -0.863. The van der Waals surface area contributed by atoms with E-state index in [0.29, 0.717) is 11.8 Å². The summed E-state index contributed by atoms with van der Waals surface area (Å²) in [6.45, 7) is 4.86. The molecule has 3 rings (SSSR count). The molecule has 1 N–H and O–H groups in total. The van der Waals surface area contributed by atoms with Crippen LogP contribution in [-0.2, 0) is 20.4 Å². The van der Waals surface area contributed by atoms with Crippen LogP contribution in [-0.4, -0.2) is 46.8 Å². The van der Waals surface area contributed by atoms with Crippen LogP contribution in [0.2, 0.25) is 0 Å². The second-order valence-corrected chi connectivity index (χ2v) is 9.43. The van der Waals surface area contributed by atoms with Gasteiger partial charge in [-0.1, -0.05) is 11.8 Å². The number of alkyl halides is 3. The Balaban J connectivity index is 1.85. The quantitative estimate of drug-likeness (QED) is 0.150. The Kier molecular flexibility index (Phi) is 9.44. The van der Waals surface area contributed by atoms with Crippen LogP contribution >= 0.6 is 23.1 Å². The van der Waals surface area contributed by atoms with Gasteiger partial charge in [0.05, 0.1) is 30.2 Å². The number of aromatic nitrogens is 2. The topological polar surface area (TPSA) is 107 Å². The number of ether oxygens (including phenoxy) is 2. The fraction of sp³-hybridized carbons (Fsp3) is 0.292. The fourth-order valence-corrected chi connectivity index (χ4v) is 4.90. The number of nitrogens with zero attached hydrogens (tertiary/aromatic N) is 2. The molecule has 0 aliphatic rings. The third kappa shape index (κ3) is 7.07. The Bertz CT molecular complexity index is 1340. The van der Waals surface area contributed by atoms with E-state index in [1.807, 2.05) is 0 Å². The maximum atomic E-state index is 13.4. The zero-order valence-corrected chi connectivity index (χ0v) is 21.9. The van der Waals surface area contributed by atoms with E-state index in [9.17, 15) is 31.9 Å². The maximum absolute atomic E-state index is 13.4. The van der Waals surface area contributed by atoms with Crippen LogP contribution < -0.4 is 5.32 Å². The van der Waals surface area contributed by atoms with E-state index < -0.39 is 41.3 Å². The number of amides is 1. The van der Waals surface area contributed by atoms with Gasteiger partial charge in [-0.05, 0) is 56.7 Å². The summed E-state index contributed by atoms with van der Waals surface area (Å²) in [5, 5.41) is 2.20. The van der Waals surface area contributed by atoms with Crippen molar-refractivity contribution in [2.75, 3.05) is 24.3 Å². The number of anilines is 1. The molecule has 0 atom stereocenters. The molecule has 0 unspecified atom stereocenters. The lowest BCUT2D eigenvalue weighted by Gasteiger charge is -2.11. The van der Waals surface area contributed by atoms with Gasteiger partial charge in [-0.25, -0.2) is 23.9 Å². The number of halogens is 4. The number of hydrogen-bond acceptors (Lipinski definition) is 9. The minimum atomic E-state index is -4.79. The predicted molar refractivity (Wildman–Crippen MR) is 133 cm³/mol. The molecule has 8 nitrogen and oxygen atoms in total. The number of rotatable bonds is 9. The molecule has 0 saturated heterocycles. The van der Waals surface area contributed by atoms with Crippen molar-refractivity contribution < 1.29 is 41.4 Å². The van der Waals surface area contributed by atoms with Crippen LogP contribution in [0.15, 0.2) is 35.5 Å². The molecule has 38 heavy (non-hydrogen) atoms. The molecule has 14 heteroatoms. The second kappa shape index (κ2) is 12.3. The van der Waals surface area contributed by atoms with Gasteiger partial charge in [-0.3, -0.25) is 4.79 Å². The van der Waals surface area contributed by atoms with Gasteiger partial charge in [0.2, 0.25) is 5.91 Å². The van der Waals surface area contributed by atoms with Crippen LogP contribution in [0.5, 0.6) is 0 Å². The highest BCUT2D eigenvalue weighted by molar-refractivity contribution is 7.99. The number of thioether (sulfide) groups is 1. The largest absolute Gasteiger partial charge is 0.462 e. The Morgan fingerprint density at radius 2 is 1.66 bits per heavy atom. The second-order valence-electron chi connectivity index (χ2n) is 7.46. The number of esters is 2. The van der Waals surface area contributed by atoms with Gasteiger partial charge in [0.15, 0.2) is 5.16 Å². The van der Waals surface area contributed by atoms with Gasteiger partial charge < -0.3 is 14.8 Å². The van der Waals surface area contributed by atoms with Crippen LogP contribution in [0.3, 0.4) is 0 Å². The Hall–Kier alpha value is -3.52. The van der Waals surface area contributed by atoms with Crippen molar-refractivity contribution in [2.45, 2.75) is 32.1 Å². The minimum Gasteiger partial charge on any atom is -0.462 e. The molecular formula is C24H21F4N3O5S2. The monoisotopic (exact) mass is 571 g/mol. The first kappa shape index (κ1) is 29.0. The van der Waals surface area contributed by atoms with E-state index in [4.69, 9.17) is 9.47 Å². The molecule has 1 aromatic carbocycles. The van der Waals surface area contributed by atoms with Gasteiger partial charge in [-0.2, -0.15) is 13.2 Å². The van der Waals surface area contributed by atoms with Crippen molar-refractivity contribution >= 4 is 45.9 Å². The standard InChI is InChI=1S/C24H21F4N3O5S2/c1-4-35-21(33)18-12(3)19(22(34)36-5-2)38-20(18)31-17(32)11-37-23-29-15(10-16(30-23)24(26,27)28)13-6-8-14(25)9-7-13/h6-10H,4-5,11H2,1-3H3,(H,31,32). The summed E-state index contributed by atoms with van der Waals surface area (Å²) >= 11 is 1.45. The lowest BCUT2D eigenvalue weighted by atomic mass is 10.1. The van der Waals surface area contributed by atoms with Gasteiger partial charge >= 0.3 is 18.1 Å². The first-order valence-corrected chi connectivity index (χ1v) is 12.9. The zero-order chi connectivity index (χ0) is 28.0. The first-order chi connectivity index (χ1) is 17.9. The average molecular weight is 572 g/mol. The van der Waals surface area contributed by atoms with E-state index in [1.54, 1.807) is 13.8 Å².